The average Bonchev–Trinajstić information content (AvgIpc) is 2.84. The first-order valence-corrected chi connectivity index (χ1v) is 11.6. The summed E-state index contributed by atoms with van der Waals surface area (Å²) in [5, 5.41) is 28.6. The Labute approximate surface area is 210 Å². The number of nitriles is 1. The Bertz CT molecular complexity index is 1250. The van der Waals surface area contributed by atoms with Crippen molar-refractivity contribution in [2.75, 3.05) is 0 Å². The van der Waals surface area contributed by atoms with Gasteiger partial charge in [0.2, 0.25) is 0 Å². The van der Waals surface area contributed by atoms with Crippen LogP contribution >= 0.6 is 11.6 Å². The molecule has 0 spiro atoms. The minimum atomic E-state index is -0.917. The second-order valence-electron chi connectivity index (χ2n) is 8.27. The zero-order valence-electron chi connectivity index (χ0n) is 19.6. The molecule has 35 heavy (non-hydrogen) atoms. The van der Waals surface area contributed by atoms with E-state index >= 15 is 0 Å². The molecule has 3 N–H and O–H groups in total. The highest BCUT2D eigenvalue weighted by Crippen LogP contribution is 2.25. The summed E-state index contributed by atoms with van der Waals surface area (Å²) in [6.45, 7) is 3.26. The van der Waals surface area contributed by atoms with Gasteiger partial charge in [0.15, 0.2) is 0 Å². The highest BCUT2D eigenvalue weighted by Gasteiger charge is 2.23. The van der Waals surface area contributed by atoms with Crippen molar-refractivity contribution in [1.82, 2.24) is 5.32 Å². The van der Waals surface area contributed by atoms with Gasteiger partial charge in [0.25, 0.3) is 0 Å². The van der Waals surface area contributed by atoms with Crippen LogP contribution in [0, 0.1) is 22.1 Å². The van der Waals surface area contributed by atoms with Crippen LogP contribution in [0.2, 0.25) is 5.02 Å². The van der Waals surface area contributed by atoms with E-state index in [-0.39, 0.29) is 11.4 Å². The van der Waals surface area contributed by atoms with Gasteiger partial charge in [-0.15, -0.1) is 0 Å². The Hall–Kier alpha value is -3.95. The summed E-state index contributed by atoms with van der Waals surface area (Å²) in [6, 6.07) is 23.8. The normalized spacial score (nSPS) is 12.2. The van der Waals surface area contributed by atoms with Gasteiger partial charge in [-0.1, -0.05) is 78.3 Å². The number of carbonyl (C=O) groups is 1. The molecule has 0 aliphatic rings. The lowest BCUT2D eigenvalue weighted by atomic mass is 9.97. The van der Waals surface area contributed by atoms with E-state index in [9.17, 15) is 4.79 Å². The number of halogens is 1. The molecule has 0 fully saturated rings. The van der Waals surface area contributed by atoms with Gasteiger partial charge in [0.1, 0.15) is 12.1 Å². The van der Waals surface area contributed by atoms with Crippen LogP contribution in [0.5, 0.6) is 0 Å². The third-order valence-electron chi connectivity index (χ3n) is 5.59. The molecule has 0 saturated heterocycles. The van der Waals surface area contributed by atoms with Crippen LogP contribution in [0.4, 0.5) is 4.79 Å². The second kappa shape index (κ2) is 12.0. The van der Waals surface area contributed by atoms with Gasteiger partial charge < -0.3 is 20.9 Å². The van der Waals surface area contributed by atoms with E-state index in [2.05, 4.69) is 11.4 Å². The minimum absolute atomic E-state index is 0.104. The fourth-order valence-corrected chi connectivity index (χ4v) is 3.94. The van der Waals surface area contributed by atoms with Crippen molar-refractivity contribution >= 4 is 29.1 Å². The predicted molar refractivity (Wildman–Crippen MR) is 139 cm³/mol. The number of hydrogen-bond donors (Lipinski definition) is 3. The van der Waals surface area contributed by atoms with Crippen molar-refractivity contribution < 1.29 is 9.53 Å². The van der Waals surface area contributed by atoms with E-state index in [4.69, 9.17) is 32.4 Å². The summed E-state index contributed by atoms with van der Waals surface area (Å²) in [7, 11) is 0. The molecule has 2 unspecified atom stereocenters. The van der Waals surface area contributed by atoms with Crippen molar-refractivity contribution in [2.45, 2.75) is 38.8 Å². The quantitative estimate of drug-likeness (QED) is 0.310. The van der Waals surface area contributed by atoms with Crippen molar-refractivity contribution in [3.05, 3.63) is 106 Å². The Morgan fingerprint density at radius 3 is 2.14 bits per heavy atom. The molecule has 3 rings (SSSR count). The Morgan fingerprint density at radius 2 is 1.57 bits per heavy atom. The fourth-order valence-electron chi connectivity index (χ4n) is 3.65. The molecule has 3 aromatic carbocycles. The molecule has 178 valence electrons. The number of rotatable bonds is 9. The van der Waals surface area contributed by atoms with Gasteiger partial charge in [0, 0.05) is 16.3 Å². The zero-order valence-corrected chi connectivity index (χ0v) is 20.4. The summed E-state index contributed by atoms with van der Waals surface area (Å²) in [5.74, 6) is 0. The third kappa shape index (κ3) is 7.02. The number of benzene rings is 3. The van der Waals surface area contributed by atoms with Crippen LogP contribution in [-0.2, 0) is 17.6 Å². The molecular formula is C28H27ClN4O2. The number of hydrogen-bond acceptors (Lipinski definition) is 5. The molecular weight excluding hydrogens is 460 g/mol. The Kier molecular flexibility index (Phi) is 8.77. The largest absolute Gasteiger partial charge is 0.442 e. The predicted octanol–water partition coefficient (Wildman–Crippen LogP) is 6.26. The maximum Gasteiger partial charge on any atom is 0.408 e. The van der Waals surface area contributed by atoms with Crippen LogP contribution in [-0.4, -0.2) is 23.6 Å². The maximum atomic E-state index is 12.5. The number of nitrogens with zero attached hydrogens (tertiary/aromatic N) is 1. The summed E-state index contributed by atoms with van der Waals surface area (Å²) >= 11 is 6.18. The van der Waals surface area contributed by atoms with Gasteiger partial charge in [-0.25, -0.2) is 4.79 Å². The molecule has 0 aromatic heterocycles. The van der Waals surface area contributed by atoms with Gasteiger partial charge in [0.05, 0.1) is 18.2 Å². The third-order valence-corrected chi connectivity index (χ3v) is 5.93. The standard InChI is InChI=1S/C28H27ClN4O2/c1-18(31)27(33-28(34)35-19(2)24-5-3-4-6-25(24)29)26(32)23-13-11-22(12-14-23)17-21-9-7-20(8-10-21)15-16-30/h3-14,19,27,31-32H,15,17H2,1-2H3,(H,33,34). The van der Waals surface area contributed by atoms with Gasteiger partial charge in [-0.3, -0.25) is 0 Å². The summed E-state index contributed by atoms with van der Waals surface area (Å²) in [6.07, 6.45) is -0.198. The van der Waals surface area contributed by atoms with E-state index in [0.717, 1.165) is 23.1 Å². The van der Waals surface area contributed by atoms with Crippen molar-refractivity contribution in [2.24, 2.45) is 0 Å². The first kappa shape index (κ1) is 25.7. The highest BCUT2D eigenvalue weighted by molar-refractivity contribution is 6.31. The van der Waals surface area contributed by atoms with Crippen LogP contribution in [0.1, 0.15) is 47.8 Å². The van der Waals surface area contributed by atoms with Crippen molar-refractivity contribution in [3.63, 3.8) is 0 Å². The fraction of sp³-hybridized carbons (Fsp3) is 0.214. The van der Waals surface area contributed by atoms with Crippen LogP contribution < -0.4 is 5.32 Å². The van der Waals surface area contributed by atoms with Gasteiger partial charge in [-0.05, 0) is 48.6 Å². The zero-order chi connectivity index (χ0) is 25.4. The number of amides is 1. The first-order valence-electron chi connectivity index (χ1n) is 11.2. The van der Waals surface area contributed by atoms with Gasteiger partial charge >= 0.3 is 6.09 Å². The lowest BCUT2D eigenvalue weighted by Gasteiger charge is -2.21. The molecule has 0 saturated carbocycles. The minimum Gasteiger partial charge on any atom is -0.442 e. The van der Waals surface area contributed by atoms with Gasteiger partial charge in [-0.2, -0.15) is 5.26 Å². The summed E-state index contributed by atoms with van der Waals surface area (Å²) < 4.78 is 5.45. The van der Waals surface area contributed by atoms with E-state index in [1.54, 1.807) is 32.0 Å². The van der Waals surface area contributed by atoms with Crippen LogP contribution in [0.15, 0.2) is 72.8 Å². The van der Waals surface area contributed by atoms with Crippen LogP contribution in [0.3, 0.4) is 0 Å². The van der Waals surface area contributed by atoms with E-state index in [1.807, 2.05) is 54.6 Å². The van der Waals surface area contributed by atoms with E-state index in [1.165, 1.54) is 0 Å². The first-order chi connectivity index (χ1) is 16.8. The van der Waals surface area contributed by atoms with E-state index < -0.39 is 18.2 Å². The molecule has 0 radical (unpaired) electrons. The van der Waals surface area contributed by atoms with E-state index in [0.29, 0.717) is 22.6 Å². The second-order valence-corrected chi connectivity index (χ2v) is 8.68. The maximum absolute atomic E-state index is 12.5. The molecule has 0 aliphatic carbocycles. The molecule has 0 heterocycles. The number of nitrogens with one attached hydrogen (secondary N) is 3. The molecule has 1 amide bonds. The van der Waals surface area contributed by atoms with Crippen LogP contribution in [0.25, 0.3) is 0 Å². The smallest absolute Gasteiger partial charge is 0.408 e. The van der Waals surface area contributed by atoms with Crippen molar-refractivity contribution in [1.29, 1.82) is 16.1 Å². The molecule has 3 aromatic rings. The highest BCUT2D eigenvalue weighted by atomic mass is 35.5. The molecule has 6 nitrogen and oxygen atoms in total. The average molecular weight is 487 g/mol. The van der Waals surface area contributed by atoms with Crippen molar-refractivity contribution in [3.8, 4) is 6.07 Å². The molecule has 0 bridgehead atoms. The SMILES string of the molecule is CC(=N)C(NC(=O)OC(C)c1ccccc1Cl)C(=N)c1ccc(Cc2ccc(CC#N)cc2)cc1. The number of ether oxygens (including phenoxy) is 1. The lowest BCUT2D eigenvalue weighted by Crippen LogP contribution is -2.45. The Balaban J connectivity index is 1.64. The molecule has 2 atom stereocenters. The topological polar surface area (TPSA) is 110 Å². The monoisotopic (exact) mass is 486 g/mol. The number of carbonyl (C=O) groups excluding carboxylic acids is 1. The Morgan fingerprint density at radius 1 is 1.00 bits per heavy atom. The summed E-state index contributed by atoms with van der Waals surface area (Å²) in [4.78, 5) is 12.5. The lowest BCUT2D eigenvalue weighted by molar-refractivity contribution is 0.107. The summed E-state index contributed by atoms with van der Waals surface area (Å²) in [5.41, 5.74) is 4.69. The number of alkyl carbamates (subject to hydrolysis) is 1. The molecule has 0 aliphatic heterocycles. The molecule has 7 heteroatoms.